The molecule has 3 rings (SSSR count). The van der Waals surface area contributed by atoms with Crippen molar-refractivity contribution in [2.45, 2.75) is 31.6 Å². The molecule has 142 valence electrons. The summed E-state index contributed by atoms with van der Waals surface area (Å²) in [6.07, 6.45) is 4.66. The second-order valence-electron chi connectivity index (χ2n) is 7.05. The molecule has 2 aliphatic rings. The maximum Gasteiger partial charge on any atom is 0.250 e. The molecule has 0 bridgehead atoms. The summed E-state index contributed by atoms with van der Waals surface area (Å²) in [6, 6.07) is 1.53. The van der Waals surface area contributed by atoms with Gasteiger partial charge in [-0.3, -0.25) is 14.4 Å². The third kappa shape index (κ3) is 4.30. The Morgan fingerprint density at radius 2 is 2.00 bits per heavy atom. The summed E-state index contributed by atoms with van der Waals surface area (Å²) in [5, 5.41) is 0. The first kappa shape index (κ1) is 18.6. The van der Waals surface area contributed by atoms with Crippen molar-refractivity contribution < 1.29 is 14.3 Å². The average Bonchev–Trinajstić information content (AvgIpc) is 2.68. The predicted octanol–water partition coefficient (Wildman–Crippen LogP) is 0.361. The monoisotopic (exact) mass is 362 g/mol. The van der Waals surface area contributed by atoms with E-state index in [0.717, 1.165) is 25.1 Å². The zero-order valence-electron chi connectivity index (χ0n) is 15.1. The van der Waals surface area contributed by atoms with Gasteiger partial charge in [0.15, 0.2) is 0 Å². The average molecular weight is 362 g/mol. The second-order valence-corrected chi connectivity index (χ2v) is 7.05. The molecular weight excluding hydrogens is 336 g/mol. The number of H-pyrrole nitrogens is 1. The van der Waals surface area contributed by atoms with Crippen LogP contribution in [0.15, 0.2) is 17.2 Å². The fraction of sp³-hybridized carbons (Fsp3) is 0.667. The maximum absolute atomic E-state index is 12.9. The Balaban J connectivity index is 1.56. The van der Waals surface area contributed by atoms with E-state index in [4.69, 9.17) is 4.74 Å². The molecule has 0 spiro atoms. The molecule has 26 heavy (non-hydrogen) atoms. The molecule has 8 heteroatoms. The van der Waals surface area contributed by atoms with Gasteiger partial charge in [0.1, 0.15) is 6.61 Å². The van der Waals surface area contributed by atoms with Crippen LogP contribution in [0.4, 0.5) is 0 Å². The summed E-state index contributed by atoms with van der Waals surface area (Å²) in [7, 11) is 1.51. The number of hydrogen-bond acceptors (Lipinski definition) is 5. The van der Waals surface area contributed by atoms with Gasteiger partial charge >= 0.3 is 0 Å². The number of likely N-dealkylation sites (tertiary alicyclic amines) is 2. The van der Waals surface area contributed by atoms with Crippen LogP contribution in [0, 0.1) is 5.92 Å². The number of methoxy groups -OCH3 is 1. The summed E-state index contributed by atoms with van der Waals surface area (Å²) < 4.78 is 4.89. The van der Waals surface area contributed by atoms with Gasteiger partial charge in [0.05, 0.1) is 12.0 Å². The van der Waals surface area contributed by atoms with Crippen LogP contribution in [-0.2, 0) is 14.3 Å². The number of rotatable bonds is 4. The molecule has 2 amide bonds. The van der Waals surface area contributed by atoms with Gasteiger partial charge in [0, 0.05) is 51.2 Å². The second kappa shape index (κ2) is 8.44. The van der Waals surface area contributed by atoms with E-state index in [0.29, 0.717) is 32.5 Å². The van der Waals surface area contributed by atoms with Crippen molar-refractivity contribution in [3.8, 4) is 0 Å². The van der Waals surface area contributed by atoms with Gasteiger partial charge in [-0.1, -0.05) is 0 Å². The normalized spacial score (nSPS) is 21.7. The van der Waals surface area contributed by atoms with E-state index < -0.39 is 0 Å². The molecule has 1 aromatic heterocycles. The van der Waals surface area contributed by atoms with Gasteiger partial charge in [-0.15, -0.1) is 0 Å². The number of aromatic nitrogens is 2. The van der Waals surface area contributed by atoms with Crippen LogP contribution in [0.3, 0.4) is 0 Å². The molecule has 2 fully saturated rings. The minimum atomic E-state index is -0.161. The minimum Gasteiger partial charge on any atom is -0.375 e. The zero-order valence-corrected chi connectivity index (χ0v) is 15.1. The van der Waals surface area contributed by atoms with E-state index in [2.05, 4.69) is 9.97 Å². The number of nitrogens with zero attached hydrogens (tertiary/aromatic N) is 3. The van der Waals surface area contributed by atoms with Gasteiger partial charge in [0.25, 0.3) is 5.56 Å². The van der Waals surface area contributed by atoms with E-state index in [9.17, 15) is 14.4 Å². The Hall–Kier alpha value is -2.22. The lowest BCUT2D eigenvalue weighted by Crippen LogP contribution is -2.47. The molecule has 2 aliphatic heterocycles. The number of nitrogens with one attached hydrogen (secondary N) is 1. The van der Waals surface area contributed by atoms with Crippen molar-refractivity contribution in [2.75, 3.05) is 39.9 Å². The van der Waals surface area contributed by atoms with Crippen molar-refractivity contribution in [3.05, 3.63) is 28.4 Å². The molecule has 0 radical (unpaired) electrons. The number of carbonyl (C=O) groups is 2. The third-order valence-corrected chi connectivity index (χ3v) is 5.32. The molecule has 0 saturated carbocycles. The van der Waals surface area contributed by atoms with Gasteiger partial charge in [0.2, 0.25) is 11.8 Å². The van der Waals surface area contributed by atoms with Crippen LogP contribution in [0.5, 0.6) is 0 Å². The van der Waals surface area contributed by atoms with Crippen LogP contribution in [0.2, 0.25) is 0 Å². The smallest absolute Gasteiger partial charge is 0.250 e. The van der Waals surface area contributed by atoms with Gasteiger partial charge < -0.3 is 19.5 Å². The van der Waals surface area contributed by atoms with E-state index in [1.54, 1.807) is 4.90 Å². The number of carbonyl (C=O) groups excluding carboxylic acids is 2. The molecule has 8 nitrogen and oxygen atoms in total. The highest BCUT2D eigenvalue weighted by molar-refractivity contribution is 5.80. The lowest BCUT2D eigenvalue weighted by Gasteiger charge is -2.37. The zero-order chi connectivity index (χ0) is 18.5. The maximum atomic E-state index is 12.9. The van der Waals surface area contributed by atoms with Crippen molar-refractivity contribution in [1.82, 2.24) is 19.8 Å². The summed E-state index contributed by atoms with van der Waals surface area (Å²) in [5.74, 6) is 0.223. The van der Waals surface area contributed by atoms with Gasteiger partial charge in [-0.2, -0.15) is 0 Å². The van der Waals surface area contributed by atoms with Crippen molar-refractivity contribution in [1.29, 1.82) is 0 Å². The SMILES string of the molecule is COCC(=O)N1CCC(C(=O)N2CCC[C@@H](c3cc(=O)[nH]cn3)C2)CC1. The summed E-state index contributed by atoms with van der Waals surface area (Å²) in [4.78, 5) is 46.8. The Morgan fingerprint density at radius 3 is 2.69 bits per heavy atom. The molecule has 1 atom stereocenters. The quantitative estimate of drug-likeness (QED) is 0.834. The Labute approximate surface area is 152 Å². The third-order valence-electron chi connectivity index (χ3n) is 5.32. The highest BCUT2D eigenvalue weighted by Gasteiger charge is 2.33. The highest BCUT2D eigenvalue weighted by Crippen LogP contribution is 2.28. The molecule has 0 unspecified atom stereocenters. The van der Waals surface area contributed by atoms with Gasteiger partial charge in [-0.25, -0.2) is 4.98 Å². The van der Waals surface area contributed by atoms with E-state index in [-0.39, 0.29) is 35.8 Å². The first-order valence-corrected chi connectivity index (χ1v) is 9.18. The largest absolute Gasteiger partial charge is 0.375 e. The number of piperidine rings is 2. The topological polar surface area (TPSA) is 95.6 Å². The van der Waals surface area contributed by atoms with Crippen LogP contribution >= 0.6 is 0 Å². The first-order chi connectivity index (χ1) is 12.6. The Kier molecular flexibility index (Phi) is 6.03. The summed E-state index contributed by atoms with van der Waals surface area (Å²) >= 11 is 0. The summed E-state index contributed by atoms with van der Waals surface area (Å²) in [5.41, 5.74) is 0.595. The van der Waals surface area contributed by atoms with Gasteiger partial charge in [-0.05, 0) is 25.7 Å². The predicted molar refractivity (Wildman–Crippen MR) is 94.6 cm³/mol. The molecule has 1 aromatic rings. The highest BCUT2D eigenvalue weighted by atomic mass is 16.5. The number of amides is 2. The molecule has 1 N–H and O–H groups in total. The fourth-order valence-electron chi connectivity index (χ4n) is 3.87. The number of ether oxygens (including phenoxy) is 1. The van der Waals surface area contributed by atoms with Crippen LogP contribution in [0.1, 0.15) is 37.3 Å². The fourth-order valence-corrected chi connectivity index (χ4v) is 3.87. The van der Waals surface area contributed by atoms with Crippen LogP contribution in [0.25, 0.3) is 0 Å². The van der Waals surface area contributed by atoms with Crippen LogP contribution in [-0.4, -0.2) is 71.5 Å². The minimum absolute atomic E-state index is 0.0168. The first-order valence-electron chi connectivity index (χ1n) is 9.18. The Bertz CT molecular complexity index is 696. The summed E-state index contributed by atoms with van der Waals surface area (Å²) in [6.45, 7) is 2.66. The van der Waals surface area contributed by atoms with Crippen molar-refractivity contribution in [3.63, 3.8) is 0 Å². The van der Waals surface area contributed by atoms with E-state index in [1.807, 2.05) is 4.90 Å². The standard InChI is InChI=1S/C18H26N4O4/c1-26-11-17(24)21-7-4-13(5-8-21)18(25)22-6-2-3-14(10-22)15-9-16(23)20-12-19-15/h9,12-14H,2-8,10-11H2,1H3,(H,19,20,23)/t14-/m1/s1. The molecule has 0 aromatic carbocycles. The van der Waals surface area contributed by atoms with Crippen molar-refractivity contribution in [2.24, 2.45) is 5.92 Å². The molecule has 2 saturated heterocycles. The number of hydrogen-bond donors (Lipinski definition) is 1. The van der Waals surface area contributed by atoms with E-state index in [1.165, 1.54) is 19.5 Å². The molecular formula is C18H26N4O4. The van der Waals surface area contributed by atoms with Crippen molar-refractivity contribution >= 4 is 11.8 Å². The Morgan fingerprint density at radius 1 is 1.23 bits per heavy atom. The lowest BCUT2D eigenvalue weighted by atomic mass is 9.91. The lowest BCUT2D eigenvalue weighted by molar-refractivity contribution is -0.143. The molecule has 3 heterocycles. The van der Waals surface area contributed by atoms with Crippen LogP contribution < -0.4 is 5.56 Å². The number of aromatic amines is 1. The van der Waals surface area contributed by atoms with E-state index >= 15 is 0 Å². The molecule has 0 aliphatic carbocycles.